The molecule has 1 aliphatic heterocycles. The van der Waals surface area contributed by atoms with Crippen LogP contribution in [0.1, 0.15) is 39.5 Å². The quantitative estimate of drug-likeness (QED) is 0.754. The van der Waals surface area contributed by atoms with Crippen LogP contribution in [0.5, 0.6) is 0 Å². The van der Waals surface area contributed by atoms with Gasteiger partial charge in [0.15, 0.2) is 0 Å². The van der Waals surface area contributed by atoms with Crippen molar-refractivity contribution in [3.05, 3.63) is 0 Å². The van der Waals surface area contributed by atoms with Gasteiger partial charge in [0.1, 0.15) is 6.04 Å². The number of rotatable bonds is 6. The summed E-state index contributed by atoms with van der Waals surface area (Å²) in [6.45, 7) is 4.63. The number of carboxylic acid groups (broad SMARTS) is 1. The minimum absolute atomic E-state index is 0.0185. The number of likely N-dealkylation sites (tertiary alicyclic amines) is 1. The van der Waals surface area contributed by atoms with Gasteiger partial charge in [-0.2, -0.15) is 11.8 Å². The smallest absolute Gasteiger partial charge is 0.326 e. The van der Waals surface area contributed by atoms with Crippen molar-refractivity contribution in [3.63, 3.8) is 0 Å². The molecule has 0 spiro atoms. The fourth-order valence-corrected chi connectivity index (χ4v) is 3.31. The molecule has 104 valence electrons. The van der Waals surface area contributed by atoms with E-state index in [-0.39, 0.29) is 11.8 Å². The van der Waals surface area contributed by atoms with Crippen LogP contribution in [0.25, 0.3) is 0 Å². The van der Waals surface area contributed by atoms with Crippen LogP contribution in [0, 0.1) is 5.92 Å². The molecule has 0 aromatic carbocycles. The Kier molecular flexibility index (Phi) is 6.54. The summed E-state index contributed by atoms with van der Waals surface area (Å²) in [5, 5.41) is 9.24. The highest BCUT2D eigenvalue weighted by Crippen LogP contribution is 2.24. The summed E-state index contributed by atoms with van der Waals surface area (Å²) in [6.07, 6.45) is 4.04. The third-order valence-electron chi connectivity index (χ3n) is 3.37. The Morgan fingerprint density at radius 3 is 2.78 bits per heavy atom. The second-order valence-electron chi connectivity index (χ2n) is 4.90. The molecule has 1 amide bonds. The minimum Gasteiger partial charge on any atom is -0.480 e. The van der Waals surface area contributed by atoms with E-state index in [0.29, 0.717) is 12.3 Å². The van der Waals surface area contributed by atoms with Crippen LogP contribution < -0.4 is 0 Å². The Labute approximate surface area is 113 Å². The Balaban J connectivity index is 2.50. The van der Waals surface area contributed by atoms with Crippen LogP contribution in [0.3, 0.4) is 0 Å². The highest BCUT2D eigenvalue weighted by molar-refractivity contribution is 7.99. The van der Waals surface area contributed by atoms with Gasteiger partial charge in [0.05, 0.1) is 5.75 Å². The molecule has 1 fully saturated rings. The Hall–Kier alpha value is -0.710. The van der Waals surface area contributed by atoms with E-state index in [0.717, 1.165) is 31.4 Å². The van der Waals surface area contributed by atoms with Crippen molar-refractivity contribution in [1.82, 2.24) is 4.90 Å². The largest absolute Gasteiger partial charge is 0.480 e. The minimum atomic E-state index is -0.867. The second-order valence-corrected chi connectivity index (χ2v) is 6.00. The van der Waals surface area contributed by atoms with Gasteiger partial charge in [-0.1, -0.05) is 20.3 Å². The van der Waals surface area contributed by atoms with Gasteiger partial charge in [-0.3, -0.25) is 4.79 Å². The van der Waals surface area contributed by atoms with Gasteiger partial charge in [-0.05, 0) is 30.9 Å². The molecule has 0 saturated carbocycles. The van der Waals surface area contributed by atoms with Crippen molar-refractivity contribution >= 4 is 23.6 Å². The van der Waals surface area contributed by atoms with Crippen LogP contribution in [0.15, 0.2) is 0 Å². The first-order valence-corrected chi connectivity index (χ1v) is 7.83. The zero-order chi connectivity index (χ0) is 13.5. The number of amides is 1. The molecule has 0 bridgehead atoms. The van der Waals surface area contributed by atoms with Gasteiger partial charge in [0, 0.05) is 6.54 Å². The second kappa shape index (κ2) is 7.67. The van der Waals surface area contributed by atoms with Gasteiger partial charge >= 0.3 is 5.97 Å². The van der Waals surface area contributed by atoms with Crippen molar-refractivity contribution in [3.8, 4) is 0 Å². The number of thioether (sulfide) groups is 1. The molecule has 1 aliphatic rings. The normalized spacial score (nSPS) is 24.0. The number of carbonyl (C=O) groups excluding carboxylic acids is 1. The van der Waals surface area contributed by atoms with Crippen LogP contribution in [0.4, 0.5) is 0 Å². The van der Waals surface area contributed by atoms with E-state index < -0.39 is 12.0 Å². The van der Waals surface area contributed by atoms with Crippen LogP contribution >= 0.6 is 11.8 Å². The number of hydrogen-bond donors (Lipinski definition) is 1. The summed E-state index contributed by atoms with van der Waals surface area (Å²) in [5.41, 5.74) is 0. The van der Waals surface area contributed by atoms with Crippen LogP contribution in [-0.4, -0.2) is 46.0 Å². The first-order chi connectivity index (χ1) is 8.57. The molecule has 1 saturated heterocycles. The van der Waals surface area contributed by atoms with E-state index in [4.69, 9.17) is 0 Å². The maximum Gasteiger partial charge on any atom is 0.326 e. The average Bonchev–Trinajstić information content (AvgIpc) is 2.33. The van der Waals surface area contributed by atoms with Gasteiger partial charge in [-0.15, -0.1) is 0 Å². The predicted octanol–water partition coefficient (Wildman–Crippen LogP) is 2.23. The standard InChI is InChI=1S/C13H23NO3S/c1-3-4-8-18-9-11(15)14-7-5-6-10(2)12(14)13(16)17/h10,12H,3-9H2,1-2H3,(H,16,17). The molecule has 5 heteroatoms. The molecule has 0 radical (unpaired) electrons. The first-order valence-electron chi connectivity index (χ1n) is 6.68. The summed E-state index contributed by atoms with van der Waals surface area (Å²) in [6, 6.07) is -0.627. The lowest BCUT2D eigenvalue weighted by Crippen LogP contribution is -2.52. The number of piperidine rings is 1. The lowest BCUT2D eigenvalue weighted by molar-refractivity contribution is -0.153. The first kappa shape index (κ1) is 15.3. The molecule has 2 unspecified atom stereocenters. The van der Waals surface area contributed by atoms with E-state index in [1.165, 1.54) is 0 Å². The Morgan fingerprint density at radius 1 is 1.44 bits per heavy atom. The van der Waals surface area contributed by atoms with Crippen LogP contribution in [0.2, 0.25) is 0 Å². The third kappa shape index (κ3) is 4.19. The van der Waals surface area contributed by atoms with Gasteiger partial charge < -0.3 is 10.0 Å². The topological polar surface area (TPSA) is 57.6 Å². The number of carbonyl (C=O) groups is 2. The average molecular weight is 273 g/mol. The third-order valence-corrected chi connectivity index (χ3v) is 4.40. The molecule has 0 aliphatic carbocycles. The molecule has 2 atom stereocenters. The molecule has 4 nitrogen and oxygen atoms in total. The Bertz CT molecular complexity index is 296. The van der Waals surface area contributed by atoms with Gasteiger partial charge in [0.2, 0.25) is 5.91 Å². The number of nitrogens with zero attached hydrogens (tertiary/aromatic N) is 1. The summed E-state index contributed by atoms with van der Waals surface area (Å²) in [4.78, 5) is 24.9. The van der Waals surface area contributed by atoms with E-state index in [1.54, 1.807) is 16.7 Å². The molecule has 0 aromatic rings. The zero-order valence-electron chi connectivity index (χ0n) is 11.2. The fraction of sp³-hybridized carbons (Fsp3) is 0.846. The Morgan fingerprint density at radius 2 is 2.17 bits per heavy atom. The SMILES string of the molecule is CCCCSCC(=O)N1CCCC(C)C1C(=O)O. The predicted molar refractivity (Wildman–Crippen MR) is 73.8 cm³/mol. The van der Waals surface area contributed by atoms with Gasteiger partial charge in [0.25, 0.3) is 0 Å². The monoisotopic (exact) mass is 273 g/mol. The lowest BCUT2D eigenvalue weighted by atomic mass is 9.91. The fourth-order valence-electron chi connectivity index (χ4n) is 2.33. The van der Waals surface area contributed by atoms with E-state index >= 15 is 0 Å². The number of hydrogen-bond acceptors (Lipinski definition) is 3. The highest BCUT2D eigenvalue weighted by Gasteiger charge is 2.36. The summed E-state index contributed by atoms with van der Waals surface area (Å²) < 4.78 is 0. The maximum absolute atomic E-state index is 12.1. The molecular formula is C13H23NO3S. The number of carboxylic acids is 1. The molecular weight excluding hydrogens is 250 g/mol. The summed E-state index contributed by atoms with van der Waals surface area (Å²) in [5.74, 6) is 0.560. The van der Waals surface area contributed by atoms with E-state index in [1.807, 2.05) is 6.92 Å². The molecule has 1 rings (SSSR count). The maximum atomic E-state index is 12.1. The van der Waals surface area contributed by atoms with Gasteiger partial charge in [-0.25, -0.2) is 4.79 Å². The number of unbranched alkanes of at least 4 members (excludes halogenated alkanes) is 1. The van der Waals surface area contributed by atoms with E-state index in [9.17, 15) is 14.7 Å². The molecule has 0 aromatic heterocycles. The van der Waals surface area contributed by atoms with Crippen molar-refractivity contribution in [2.75, 3.05) is 18.1 Å². The lowest BCUT2D eigenvalue weighted by Gasteiger charge is -2.37. The zero-order valence-corrected chi connectivity index (χ0v) is 12.0. The van der Waals surface area contributed by atoms with Crippen molar-refractivity contribution < 1.29 is 14.7 Å². The molecule has 1 heterocycles. The summed E-state index contributed by atoms with van der Waals surface area (Å²) in [7, 11) is 0. The molecule has 1 N–H and O–H groups in total. The van der Waals surface area contributed by atoms with Crippen molar-refractivity contribution in [2.24, 2.45) is 5.92 Å². The summed E-state index contributed by atoms with van der Waals surface area (Å²) >= 11 is 1.61. The molecule has 18 heavy (non-hydrogen) atoms. The van der Waals surface area contributed by atoms with Crippen molar-refractivity contribution in [1.29, 1.82) is 0 Å². The van der Waals surface area contributed by atoms with E-state index in [2.05, 4.69) is 6.92 Å². The number of aliphatic carboxylic acids is 1. The van der Waals surface area contributed by atoms with Crippen molar-refractivity contribution in [2.45, 2.75) is 45.6 Å². The highest BCUT2D eigenvalue weighted by atomic mass is 32.2. The van der Waals surface area contributed by atoms with Crippen LogP contribution in [-0.2, 0) is 9.59 Å².